The van der Waals surface area contributed by atoms with E-state index in [1.54, 1.807) is 6.07 Å². The molecular weight excluding hydrogens is 471 g/mol. The fourth-order valence-electron chi connectivity index (χ4n) is 4.84. The number of alkyl halides is 3. The molecule has 0 aliphatic carbocycles. The van der Waals surface area contributed by atoms with E-state index in [4.69, 9.17) is 0 Å². The van der Waals surface area contributed by atoms with Crippen molar-refractivity contribution in [3.8, 4) is 5.75 Å². The molecule has 2 aromatic carbocycles. The molecule has 10 heteroatoms. The SMILES string of the molecule is CNC(=O)N1N=C(c2ccc(N(C)C3CCN(C)CC3)cc2)c2cc(OC(F)(F)F)ccc2CC1C. The summed E-state index contributed by atoms with van der Waals surface area (Å²) in [4.78, 5) is 17.2. The molecule has 0 bridgehead atoms. The highest BCUT2D eigenvalue weighted by Gasteiger charge is 2.33. The van der Waals surface area contributed by atoms with Gasteiger partial charge in [0.05, 0.1) is 11.8 Å². The summed E-state index contributed by atoms with van der Waals surface area (Å²) >= 11 is 0. The van der Waals surface area contributed by atoms with E-state index in [0.717, 1.165) is 37.2 Å². The van der Waals surface area contributed by atoms with Crippen LogP contribution in [0.3, 0.4) is 0 Å². The number of halogens is 3. The number of amides is 2. The summed E-state index contributed by atoms with van der Waals surface area (Å²) in [6, 6.07) is 11.8. The molecule has 36 heavy (non-hydrogen) atoms. The van der Waals surface area contributed by atoms with Crippen LogP contribution in [-0.4, -0.2) is 74.3 Å². The van der Waals surface area contributed by atoms with Crippen molar-refractivity contribution in [2.75, 3.05) is 39.1 Å². The maximum Gasteiger partial charge on any atom is 0.573 e. The van der Waals surface area contributed by atoms with Gasteiger partial charge in [-0.3, -0.25) is 0 Å². The molecule has 2 aromatic rings. The molecule has 7 nitrogen and oxygen atoms in total. The fraction of sp³-hybridized carbons (Fsp3) is 0.462. The van der Waals surface area contributed by atoms with Crippen LogP contribution in [0, 0.1) is 0 Å². The third-order valence-electron chi connectivity index (χ3n) is 6.92. The van der Waals surface area contributed by atoms with Crippen molar-refractivity contribution >= 4 is 17.4 Å². The van der Waals surface area contributed by atoms with Gasteiger partial charge in [0.25, 0.3) is 0 Å². The molecule has 4 rings (SSSR count). The lowest BCUT2D eigenvalue weighted by atomic mass is 9.94. The van der Waals surface area contributed by atoms with E-state index in [2.05, 4.69) is 39.1 Å². The molecule has 1 atom stereocenters. The Labute approximate surface area is 209 Å². The maximum atomic E-state index is 12.9. The van der Waals surface area contributed by atoms with Crippen molar-refractivity contribution in [2.24, 2.45) is 5.10 Å². The molecule has 2 heterocycles. The van der Waals surface area contributed by atoms with Gasteiger partial charge in [0.1, 0.15) is 5.75 Å². The van der Waals surface area contributed by atoms with Crippen LogP contribution in [0.5, 0.6) is 5.75 Å². The number of nitrogens with one attached hydrogen (secondary N) is 1. The molecule has 2 aliphatic heterocycles. The molecule has 0 saturated carbocycles. The molecular formula is C26H32F3N5O2. The second-order valence-corrected chi connectivity index (χ2v) is 9.46. The number of nitrogens with zero attached hydrogens (tertiary/aromatic N) is 4. The molecule has 194 valence electrons. The Balaban J connectivity index is 1.71. The lowest BCUT2D eigenvalue weighted by Crippen LogP contribution is -2.42. The summed E-state index contributed by atoms with van der Waals surface area (Å²) in [7, 11) is 5.73. The van der Waals surface area contributed by atoms with E-state index in [9.17, 15) is 18.0 Å². The number of carbonyl (C=O) groups is 1. The summed E-state index contributed by atoms with van der Waals surface area (Å²) in [6.07, 6.45) is -2.22. The number of hydrogen-bond acceptors (Lipinski definition) is 5. The third-order valence-corrected chi connectivity index (χ3v) is 6.92. The van der Waals surface area contributed by atoms with Gasteiger partial charge in [-0.05, 0) is 76.2 Å². The number of fused-ring (bicyclic) bond motifs is 1. The Morgan fingerprint density at radius 1 is 1.14 bits per heavy atom. The standard InChI is InChI=1S/C26H32F3N5O2/c1-17-15-19-7-10-22(36-26(27,28)29)16-23(19)24(31-34(17)25(35)30-2)18-5-8-20(9-6-18)33(4)21-11-13-32(3)14-12-21/h5-10,16-17,21H,11-15H2,1-4H3,(H,30,35). The largest absolute Gasteiger partial charge is 0.573 e. The Kier molecular flexibility index (Phi) is 7.44. The van der Waals surface area contributed by atoms with Gasteiger partial charge in [0.2, 0.25) is 0 Å². The van der Waals surface area contributed by atoms with Crippen LogP contribution in [0.4, 0.5) is 23.7 Å². The van der Waals surface area contributed by atoms with Crippen molar-refractivity contribution in [2.45, 2.75) is 44.6 Å². The van der Waals surface area contributed by atoms with E-state index in [1.807, 2.05) is 31.2 Å². The second kappa shape index (κ2) is 10.4. The molecule has 1 saturated heterocycles. The number of ether oxygens (including phenoxy) is 1. The maximum absolute atomic E-state index is 12.9. The van der Waals surface area contributed by atoms with Crippen molar-refractivity contribution < 1.29 is 22.7 Å². The minimum atomic E-state index is -4.81. The molecule has 1 fully saturated rings. The zero-order valence-corrected chi connectivity index (χ0v) is 21.0. The summed E-state index contributed by atoms with van der Waals surface area (Å²) in [5, 5.41) is 8.57. The van der Waals surface area contributed by atoms with Crippen LogP contribution in [0.15, 0.2) is 47.6 Å². The van der Waals surface area contributed by atoms with E-state index in [1.165, 1.54) is 24.2 Å². The van der Waals surface area contributed by atoms with Crippen LogP contribution in [0.2, 0.25) is 0 Å². The highest BCUT2D eigenvalue weighted by atomic mass is 19.4. The quantitative estimate of drug-likeness (QED) is 0.670. The Hall–Kier alpha value is -3.27. The molecule has 1 N–H and O–H groups in total. The van der Waals surface area contributed by atoms with E-state index >= 15 is 0 Å². The Morgan fingerprint density at radius 3 is 2.42 bits per heavy atom. The number of piperidine rings is 1. The number of carbonyl (C=O) groups excluding carboxylic acids is 1. The number of benzene rings is 2. The van der Waals surface area contributed by atoms with Gasteiger partial charge in [-0.15, -0.1) is 13.2 Å². The highest BCUT2D eigenvalue weighted by Crippen LogP contribution is 2.31. The minimum Gasteiger partial charge on any atom is -0.406 e. The number of urea groups is 1. The third kappa shape index (κ3) is 5.75. The molecule has 2 aliphatic rings. The van der Waals surface area contributed by atoms with Gasteiger partial charge < -0.3 is 19.9 Å². The summed E-state index contributed by atoms with van der Waals surface area (Å²) in [5.41, 5.74) is 3.46. The summed E-state index contributed by atoms with van der Waals surface area (Å²) in [5.74, 6) is -0.325. The van der Waals surface area contributed by atoms with Crippen LogP contribution < -0.4 is 15.0 Å². The summed E-state index contributed by atoms with van der Waals surface area (Å²) < 4.78 is 43.0. The number of hydrazone groups is 1. The summed E-state index contributed by atoms with van der Waals surface area (Å²) in [6.45, 7) is 3.96. The van der Waals surface area contributed by atoms with Gasteiger partial charge >= 0.3 is 12.4 Å². The number of likely N-dealkylation sites (tertiary alicyclic amines) is 1. The molecule has 0 radical (unpaired) electrons. The lowest BCUT2D eigenvalue weighted by molar-refractivity contribution is -0.274. The Bertz CT molecular complexity index is 1110. The Morgan fingerprint density at radius 2 is 1.81 bits per heavy atom. The smallest absolute Gasteiger partial charge is 0.406 e. The van der Waals surface area contributed by atoms with Crippen molar-refractivity contribution in [1.82, 2.24) is 15.2 Å². The lowest BCUT2D eigenvalue weighted by Gasteiger charge is -2.36. The first-order valence-corrected chi connectivity index (χ1v) is 12.1. The van der Waals surface area contributed by atoms with Crippen LogP contribution in [-0.2, 0) is 6.42 Å². The van der Waals surface area contributed by atoms with Crippen LogP contribution in [0.1, 0.15) is 36.5 Å². The molecule has 1 unspecified atom stereocenters. The predicted octanol–water partition coefficient (Wildman–Crippen LogP) is 4.45. The zero-order valence-electron chi connectivity index (χ0n) is 21.0. The average molecular weight is 504 g/mol. The van der Waals surface area contributed by atoms with Gasteiger partial charge in [-0.1, -0.05) is 18.2 Å². The molecule has 0 aromatic heterocycles. The first-order valence-electron chi connectivity index (χ1n) is 12.1. The fourth-order valence-corrected chi connectivity index (χ4v) is 4.84. The zero-order chi connectivity index (χ0) is 26.0. The van der Waals surface area contributed by atoms with Crippen LogP contribution >= 0.6 is 0 Å². The van der Waals surface area contributed by atoms with Gasteiger partial charge in [-0.2, -0.15) is 5.10 Å². The van der Waals surface area contributed by atoms with Gasteiger partial charge in [0.15, 0.2) is 0 Å². The first kappa shape index (κ1) is 25.8. The average Bonchev–Trinajstić information content (AvgIpc) is 2.98. The van der Waals surface area contributed by atoms with Gasteiger partial charge in [-0.25, -0.2) is 9.80 Å². The van der Waals surface area contributed by atoms with E-state index in [-0.39, 0.29) is 11.8 Å². The van der Waals surface area contributed by atoms with Crippen molar-refractivity contribution in [3.63, 3.8) is 0 Å². The number of rotatable bonds is 4. The van der Waals surface area contributed by atoms with Crippen LogP contribution in [0.25, 0.3) is 0 Å². The molecule has 2 amide bonds. The second-order valence-electron chi connectivity index (χ2n) is 9.46. The van der Waals surface area contributed by atoms with Gasteiger partial charge in [0, 0.05) is 37.0 Å². The van der Waals surface area contributed by atoms with E-state index in [0.29, 0.717) is 29.3 Å². The number of anilines is 1. The predicted molar refractivity (Wildman–Crippen MR) is 134 cm³/mol. The topological polar surface area (TPSA) is 60.4 Å². The van der Waals surface area contributed by atoms with E-state index < -0.39 is 12.4 Å². The molecule has 0 spiro atoms. The van der Waals surface area contributed by atoms with Crippen molar-refractivity contribution in [1.29, 1.82) is 0 Å². The van der Waals surface area contributed by atoms with Crippen molar-refractivity contribution in [3.05, 3.63) is 59.2 Å². The normalized spacial score (nSPS) is 19.2. The minimum absolute atomic E-state index is 0.301. The monoisotopic (exact) mass is 503 g/mol. The number of hydrogen-bond donors (Lipinski definition) is 1. The highest BCUT2D eigenvalue weighted by molar-refractivity contribution is 6.14. The first-order chi connectivity index (χ1) is 17.1.